The van der Waals surface area contributed by atoms with Gasteiger partial charge in [-0.25, -0.2) is 5.43 Å². The minimum absolute atomic E-state index is 0.134. The van der Waals surface area contributed by atoms with Crippen molar-refractivity contribution in [2.75, 3.05) is 0 Å². The van der Waals surface area contributed by atoms with Crippen molar-refractivity contribution in [1.82, 2.24) is 5.43 Å². The topological polar surface area (TPSA) is 47.3 Å². The fourth-order valence-electron chi connectivity index (χ4n) is 1.67. The molecule has 1 aromatic heterocycles. The highest BCUT2D eigenvalue weighted by molar-refractivity contribution is 7.08. The Morgan fingerprint density at radius 1 is 1.11 bits per heavy atom. The summed E-state index contributed by atoms with van der Waals surface area (Å²) in [5, 5.41) is 3.93. The molecule has 3 N–H and O–H groups in total. The van der Waals surface area contributed by atoms with Crippen molar-refractivity contribution in [3.8, 4) is 5.75 Å². The Morgan fingerprint density at radius 2 is 1.83 bits per heavy atom. The number of halogens is 2. The molecule has 1 aromatic carbocycles. The minimum Gasteiger partial charge on any atom is -0.435 e. The van der Waals surface area contributed by atoms with E-state index in [4.69, 9.17) is 5.84 Å². The van der Waals surface area contributed by atoms with Crippen molar-refractivity contribution in [3.05, 3.63) is 52.2 Å². The second kappa shape index (κ2) is 5.90. The van der Waals surface area contributed by atoms with Crippen molar-refractivity contribution in [2.24, 2.45) is 5.84 Å². The van der Waals surface area contributed by atoms with Crippen LogP contribution in [-0.4, -0.2) is 6.61 Å². The van der Waals surface area contributed by atoms with E-state index in [-0.39, 0.29) is 11.8 Å². The maximum Gasteiger partial charge on any atom is 0.387 e. The quantitative estimate of drug-likeness (QED) is 0.648. The van der Waals surface area contributed by atoms with Crippen LogP contribution in [0, 0.1) is 0 Å². The largest absolute Gasteiger partial charge is 0.435 e. The lowest BCUT2D eigenvalue weighted by molar-refractivity contribution is -0.0498. The van der Waals surface area contributed by atoms with Crippen LogP contribution < -0.4 is 16.0 Å². The summed E-state index contributed by atoms with van der Waals surface area (Å²) in [5.74, 6) is 5.65. The fourth-order valence-corrected chi connectivity index (χ4v) is 2.35. The van der Waals surface area contributed by atoms with Gasteiger partial charge in [-0.1, -0.05) is 12.1 Å². The van der Waals surface area contributed by atoms with E-state index in [2.05, 4.69) is 10.2 Å². The molecule has 1 heterocycles. The van der Waals surface area contributed by atoms with Gasteiger partial charge >= 0.3 is 6.61 Å². The summed E-state index contributed by atoms with van der Waals surface area (Å²) in [6, 6.07) is 8.21. The number of alkyl halides is 2. The number of benzene rings is 1. The van der Waals surface area contributed by atoms with E-state index in [1.807, 2.05) is 16.8 Å². The normalized spacial score (nSPS) is 12.7. The monoisotopic (exact) mass is 270 g/mol. The van der Waals surface area contributed by atoms with Crippen LogP contribution in [0.3, 0.4) is 0 Å². The van der Waals surface area contributed by atoms with E-state index in [1.54, 1.807) is 23.5 Å². The molecule has 0 spiro atoms. The van der Waals surface area contributed by atoms with Gasteiger partial charge in [0.25, 0.3) is 0 Å². The summed E-state index contributed by atoms with van der Waals surface area (Å²) in [4.78, 5) is 0. The summed E-state index contributed by atoms with van der Waals surface area (Å²) in [6.07, 6.45) is 0. The molecule has 2 rings (SSSR count). The zero-order valence-corrected chi connectivity index (χ0v) is 10.2. The molecule has 0 saturated carbocycles. The minimum atomic E-state index is -2.81. The number of hydrogen-bond acceptors (Lipinski definition) is 4. The van der Waals surface area contributed by atoms with Crippen LogP contribution in [0.25, 0.3) is 0 Å². The second-order valence-corrected chi connectivity index (χ2v) is 4.38. The molecule has 18 heavy (non-hydrogen) atoms. The highest BCUT2D eigenvalue weighted by Gasteiger charge is 2.13. The van der Waals surface area contributed by atoms with Gasteiger partial charge in [-0.2, -0.15) is 20.1 Å². The first-order valence-corrected chi connectivity index (χ1v) is 6.18. The number of ether oxygens (including phenoxy) is 1. The second-order valence-electron chi connectivity index (χ2n) is 3.60. The fraction of sp³-hybridized carbons (Fsp3) is 0.167. The molecule has 3 nitrogen and oxygen atoms in total. The van der Waals surface area contributed by atoms with Crippen molar-refractivity contribution >= 4 is 11.3 Å². The Morgan fingerprint density at radius 3 is 2.33 bits per heavy atom. The van der Waals surface area contributed by atoms with Crippen molar-refractivity contribution in [1.29, 1.82) is 0 Å². The van der Waals surface area contributed by atoms with Crippen LogP contribution in [0.4, 0.5) is 8.78 Å². The highest BCUT2D eigenvalue weighted by Crippen LogP contribution is 2.25. The molecule has 6 heteroatoms. The number of rotatable bonds is 5. The van der Waals surface area contributed by atoms with Gasteiger partial charge in [-0.3, -0.25) is 5.84 Å². The Balaban J connectivity index is 2.17. The predicted octanol–water partition coefficient (Wildman–Crippen LogP) is 2.90. The molecule has 0 aliphatic rings. The molecule has 0 aliphatic carbocycles. The van der Waals surface area contributed by atoms with Gasteiger partial charge in [0.15, 0.2) is 0 Å². The number of nitrogens with two attached hydrogens (primary N) is 1. The molecule has 0 fully saturated rings. The highest BCUT2D eigenvalue weighted by atomic mass is 32.1. The Bertz CT molecular complexity index is 473. The molecule has 1 unspecified atom stereocenters. The maximum absolute atomic E-state index is 12.0. The van der Waals surface area contributed by atoms with E-state index in [1.165, 1.54) is 12.1 Å². The van der Waals surface area contributed by atoms with Gasteiger partial charge in [0.1, 0.15) is 5.75 Å². The standard InChI is InChI=1S/C12H12F2N2OS/c13-12(14)17-10-3-1-8(2-4-10)11(16-15)9-5-6-18-7-9/h1-7,11-12,16H,15H2. The summed E-state index contributed by atoms with van der Waals surface area (Å²) in [6.45, 7) is -2.81. The Kier molecular flexibility index (Phi) is 4.24. The Labute approximate surface area is 107 Å². The van der Waals surface area contributed by atoms with Crippen LogP contribution in [0.15, 0.2) is 41.1 Å². The molecule has 0 bridgehead atoms. The summed E-state index contributed by atoms with van der Waals surface area (Å²) in [5.41, 5.74) is 4.62. The third-order valence-electron chi connectivity index (χ3n) is 2.48. The molecule has 96 valence electrons. The molecular weight excluding hydrogens is 258 g/mol. The number of thiophene rings is 1. The van der Waals surface area contributed by atoms with Gasteiger partial charge in [-0.05, 0) is 40.1 Å². The molecular formula is C12H12F2N2OS. The maximum atomic E-state index is 12.0. The van der Waals surface area contributed by atoms with E-state index < -0.39 is 6.61 Å². The van der Waals surface area contributed by atoms with Gasteiger partial charge in [0, 0.05) is 0 Å². The van der Waals surface area contributed by atoms with E-state index in [0.29, 0.717) is 0 Å². The van der Waals surface area contributed by atoms with E-state index in [9.17, 15) is 8.78 Å². The van der Waals surface area contributed by atoms with Gasteiger partial charge in [-0.15, -0.1) is 0 Å². The van der Waals surface area contributed by atoms with Crippen LogP contribution in [0.1, 0.15) is 17.2 Å². The van der Waals surface area contributed by atoms with Crippen LogP contribution in [0.5, 0.6) is 5.75 Å². The third kappa shape index (κ3) is 3.04. The van der Waals surface area contributed by atoms with E-state index in [0.717, 1.165) is 11.1 Å². The number of nitrogens with one attached hydrogen (secondary N) is 1. The van der Waals surface area contributed by atoms with Crippen LogP contribution >= 0.6 is 11.3 Å². The molecule has 2 aromatic rings. The van der Waals surface area contributed by atoms with Crippen LogP contribution in [-0.2, 0) is 0 Å². The number of hydrazine groups is 1. The first kappa shape index (κ1) is 12.9. The Hall–Kier alpha value is -1.50. The lowest BCUT2D eigenvalue weighted by atomic mass is 10.0. The van der Waals surface area contributed by atoms with Crippen molar-refractivity contribution in [2.45, 2.75) is 12.7 Å². The van der Waals surface area contributed by atoms with Gasteiger partial charge in [0.2, 0.25) is 0 Å². The summed E-state index contributed by atoms with van der Waals surface area (Å²) in [7, 11) is 0. The average Bonchev–Trinajstić information content (AvgIpc) is 2.85. The zero-order valence-electron chi connectivity index (χ0n) is 9.35. The van der Waals surface area contributed by atoms with Crippen LogP contribution in [0.2, 0.25) is 0 Å². The molecule has 1 atom stereocenters. The zero-order chi connectivity index (χ0) is 13.0. The van der Waals surface area contributed by atoms with Gasteiger partial charge in [0.05, 0.1) is 6.04 Å². The van der Waals surface area contributed by atoms with Crippen molar-refractivity contribution < 1.29 is 13.5 Å². The summed E-state index contributed by atoms with van der Waals surface area (Å²) >= 11 is 1.57. The third-order valence-corrected chi connectivity index (χ3v) is 3.18. The molecule has 0 radical (unpaired) electrons. The van der Waals surface area contributed by atoms with E-state index >= 15 is 0 Å². The van der Waals surface area contributed by atoms with Gasteiger partial charge < -0.3 is 4.74 Å². The molecule has 0 amide bonds. The molecule has 0 aliphatic heterocycles. The predicted molar refractivity (Wildman–Crippen MR) is 66.6 cm³/mol. The lowest BCUT2D eigenvalue weighted by Gasteiger charge is -2.15. The average molecular weight is 270 g/mol. The lowest BCUT2D eigenvalue weighted by Crippen LogP contribution is -2.28. The first-order valence-electron chi connectivity index (χ1n) is 5.23. The SMILES string of the molecule is NNC(c1ccc(OC(F)F)cc1)c1ccsc1. The smallest absolute Gasteiger partial charge is 0.387 e. The summed E-state index contributed by atoms with van der Waals surface area (Å²) < 4.78 is 28.3. The van der Waals surface area contributed by atoms with Crippen molar-refractivity contribution in [3.63, 3.8) is 0 Å². The first-order chi connectivity index (χ1) is 8.70. The number of hydrogen-bond donors (Lipinski definition) is 2. The molecule has 0 saturated heterocycles.